The van der Waals surface area contributed by atoms with Gasteiger partial charge in [0.1, 0.15) is 11.6 Å². The maximum absolute atomic E-state index is 13.7. The topological polar surface area (TPSA) is 38.3 Å². The van der Waals surface area contributed by atoms with Gasteiger partial charge in [0.05, 0.1) is 23.4 Å². The van der Waals surface area contributed by atoms with E-state index in [2.05, 4.69) is 21.2 Å². The van der Waals surface area contributed by atoms with Gasteiger partial charge in [0, 0.05) is 4.47 Å². The van der Waals surface area contributed by atoms with E-state index in [1.54, 1.807) is 6.92 Å². The summed E-state index contributed by atoms with van der Waals surface area (Å²) in [7, 11) is 0. The van der Waals surface area contributed by atoms with Crippen LogP contribution in [0.1, 0.15) is 22.8 Å². The normalized spacial score (nSPS) is 11.2. The average molecular weight is 406 g/mol. The SMILES string of the molecule is CCOc1ccc(C(F)(F)F)cc1NC(=O)c1cc(Br)ccc1F. The molecule has 8 heteroatoms. The lowest BCUT2D eigenvalue weighted by Crippen LogP contribution is -2.16. The molecule has 2 aromatic rings. The molecule has 0 aliphatic carbocycles. The van der Waals surface area contributed by atoms with Gasteiger partial charge in [-0.25, -0.2) is 4.39 Å². The van der Waals surface area contributed by atoms with E-state index in [0.717, 1.165) is 24.3 Å². The number of anilines is 1. The molecule has 0 aliphatic rings. The zero-order chi connectivity index (χ0) is 17.9. The van der Waals surface area contributed by atoms with Gasteiger partial charge in [-0.2, -0.15) is 13.2 Å². The van der Waals surface area contributed by atoms with E-state index in [-0.39, 0.29) is 23.6 Å². The highest BCUT2D eigenvalue weighted by Crippen LogP contribution is 2.35. The summed E-state index contributed by atoms with van der Waals surface area (Å²) in [5.41, 5.74) is -1.43. The van der Waals surface area contributed by atoms with E-state index < -0.39 is 23.5 Å². The van der Waals surface area contributed by atoms with Crippen molar-refractivity contribution in [2.45, 2.75) is 13.1 Å². The number of rotatable bonds is 4. The summed E-state index contributed by atoms with van der Waals surface area (Å²) < 4.78 is 57.9. The predicted octanol–water partition coefficient (Wildman–Crippen LogP) is 5.26. The van der Waals surface area contributed by atoms with Gasteiger partial charge in [-0.05, 0) is 43.3 Å². The fourth-order valence-corrected chi connectivity index (χ4v) is 2.31. The molecule has 0 bridgehead atoms. The fraction of sp³-hybridized carbons (Fsp3) is 0.188. The first-order valence-electron chi connectivity index (χ1n) is 6.83. The van der Waals surface area contributed by atoms with Crippen molar-refractivity contribution in [2.24, 2.45) is 0 Å². The molecule has 24 heavy (non-hydrogen) atoms. The van der Waals surface area contributed by atoms with Crippen molar-refractivity contribution < 1.29 is 27.1 Å². The van der Waals surface area contributed by atoms with E-state index in [4.69, 9.17) is 4.74 Å². The predicted molar refractivity (Wildman–Crippen MR) is 84.7 cm³/mol. The van der Waals surface area contributed by atoms with Gasteiger partial charge in [0.15, 0.2) is 0 Å². The third-order valence-corrected chi connectivity index (χ3v) is 3.52. The zero-order valence-electron chi connectivity index (χ0n) is 12.4. The van der Waals surface area contributed by atoms with Crippen molar-refractivity contribution >= 4 is 27.5 Å². The molecule has 0 fully saturated rings. The van der Waals surface area contributed by atoms with Gasteiger partial charge in [-0.1, -0.05) is 15.9 Å². The minimum atomic E-state index is -4.58. The Hall–Kier alpha value is -2.09. The number of alkyl halides is 3. The first-order chi connectivity index (χ1) is 11.2. The van der Waals surface area contributed by atoms with E-state index in [0.29, 0.717) is 4.47 Å². The molecule has 0 saturated heterocycles. The summed E-state index contributed by atoms with van der Waals surface area (Å²) in [6.45, 7) is 1.84. The third-order valence-electron chi connectivity index (χ3n) is 3.03. The highest BCUT2D eigenvalue weighted by Gasteiger charge is 2.31. The molecule has 1 N–H and O–H groups in total. The number of carbonyl (C=O) groups excluding carboxylic acids is 1. The Kier molecular flexibility index (Phi) is 5.48. The maximum Gasteiger partial charge on any atom is 0.416 e. The number of halogens is 5. The number of hydrogen-bond donors (Lipinski definition) is 1. The van der Waals surface area contributed by atoms with Crippen LogP contribution in [0, 0.1) is 5.82 Å². The molecule has 0 spiro atoms. The number of amides is 1. The number of benzene rings is 2. The number of nitrogens with one attached hydrogen (secondary N) is 1. The van der Waals surface area contributed by atoms with Crippen LogP contribution in [0.2, 0.25) is 0 Å². The van der Waals surface area contributed by atoms with Gasteiger partial charge in [-0.3, -0.25) is 4.79 Å². The number of hydrogen-bond acceptors (Lipinski definition) is 2. The van der Waals surface area contributed by atoms with Crippen molar-refractivity contribution in [2.75, 3.05) is 11.9 Å². The molecular formula is C16H12BrF4NO2. The highest BCUT2D eigenvalue weighted by atomic mass is 79.9. The molecule has 0 aliphatic heterocycles. The summed E-state index contributed by atoms with van der Waals surface area (Å²) >= 11 is 3.11. The fourth-order valence-electron chi connectivity index (χ4n) is 1.95. The molecule has 1 amide bonds. The molecule has 3 nitrogen and oxygen atoms in total. The lowest BCUT2D eigenvalue weighted by Gasteiger charge is -2.15. The number of carbonyl (C=O) groups is 1. The molecule has 0 heterocycles. The van der Waals surface area contributed by atoms with Gasteiger partial charge in [0.2, 0.25) is 0 Å². The average Bonchev–Trinajstić information content (AvgIpc) is 2.50. The Morgan fingerprint density at radius 1 is 1.21 bits per heavy atom. The maximum atomic E-state index is 13.7. The second kappa shape index (κ2) is 7.21. The Balaban J connectivity index is 2.39. The molecule has 0 aromatic heterocycles. The summed E-state index contributed by atoms with van der Waals surface area (Å²) in [5.74, 6) is -1.61. The Morgan fingerprint density at radius 2 is 1.92 bits per heavy atom. The third kappa shape index (κ3) is 4.25. The second-order valence-corrected chi connectivity index (χ2v) is 5.64. The summed E-state index contributed by atoms with van der Waals surface area (Å²) in [4.78, 5) is 12.2. The lowest BCUT2D eigenvalue weighted by molar-refractivity contribution is -0.137. The van der Waals surface area contributed by atoms with Crippen molar-refractivity contribution in [1.29, 1.82) is 0 Å². The minimum absolute atomic E-state index is 0.0641. The van der Waals surface area contributed by atoms with Crippen LogP contribution in [-0.4, -0.2) is 12.5 Å². The molecule has 128 valence electrons. The first-order valence-corrected chi connectivity index (χ1v) is 7.62. The smallest absolute Gasteiger partial charge is 0.416 e. The quantitative estimate of drug-likeness (QED) is 0.704. The molecule has 0 unspecified atom stereocenters. The summed E-state index contributed by atoms with van der Waals surface area (Å²) in [6.07, 6.45) is -4.58. The largest absolute Gasteiger partial charge is 0.492 e. The highest BCUT2D eigenvalue weighted by molar-refractivity contribution is 9.10. The zero-order valence-corrected chi connectivity index (χ0v) is 14.0. The van der Waals surface area contributed by atoms with Gasteiger partial charge in [0.25, 0.3) is 5.91 Å². The summed E-state index contributed by atoms with van der Waals surface area (Å²) in [6, 6.07) is 6.42. The van der Waals surface area contributed by atoms with Crippen molar-refractivity contribution in [1.82, 2.24) is 0 Å². The molecule has 2 rings (SSSR count). The van der Waals surface area contributed by atoms with Gasteiger partial charge < -0.3 is 10.1 Å². The van der Waals surface area contributed by atoms with E-state index in [1.807, 2.05) is 0 Å². The van der Waals surface area contributed by atoms with Crippen molar-refractivity contribution in [3.63, 3.8) is 0 Å². The van der Waals surface area contributed by atoms with Crippen LogP contribution in [0.15, 0.2) is 40.9 Å². The van der Waals surface area contributed by atoms with Gasteiger partial charge >= 0.3 is 6.18 Å². The molecule has 0 radical (unpaired) electrons. The van der Waals surface area contributed by atoms with E-state index in [1.165, 1.54) is 12.1 Å². The van der Waals surface area contributed by atoms with E-state index in [9.17, 15) is 22.4 Å². The Labute approximate surface area is 143 Å². The van der Waals surface area contributed by atoms with Crippen molar-refractivity contribution in [3.05, 3.63) is 57.8 Å². The second-order valence-electron chi connectivity index (χ2n) is 4.72. The van der Waals surface area contributed by atoms with Crippen LogP contribution in [0.3, 0.4) is 0 Å². The molecule has 2 aromatic carbocycles. The van der Waals surface area contributed by atoms with Crippen LogP contribution in [0.4, 0.5) is 23.2 Å². The molecular weight excluding hydrogens is 394 g/mol. The van der Waals surface area contributed by atoms with Crippen LogP contribution >= 0.6 is 15.9 Å². The van der Waals surface area contributed by atoms with E-state index >= 15 is 0 Å². The molecule has 0 saturated carbocycles. The summed E-state index contributed by atoms with van der Waals surface area (Å²) in [5, 5.41) is 2.27. The molecule has 0 atom stereocenters. The Morgan fingerprint density at radius 3 is 2.54 bits per heavy atom. The number of ether oxygens (including phenoxy) is 1. The minimum Gasteiger partial charge on any atom is -0.492 e. The lowest BCUT2D eigenvalue weighted by atomic mass is 10.1. The standard InChI is InChI=1S/C16H12BrF4NO2/c1-2-24-14-6-3-9(16(19,20)21)7-13(14)22-15(23)11-8-10(17)4-5-12(11)18/h3-8H,2H2,1H3,(H,22,23). The Bertz CT molecular complexity index is 762. The van der Waals surface area contributed by atoms with Crippen molar-refractivity contribution in [3.8, 4) is 5.75 Å². The van der Waals surface area contributed by atoms with Crippen LogP contribution in [-0.2, 0) is 6.18 Å². The first kappa shape index (κ1) is 18.3. The van der Waals surface area contributed by atoms with Gasteiger partial charge in [-0.15, -0.1) is 0 Å². The van der Waals surface area contributed by atoms with Crippen LogP contribution in [0.25, 0.3) is 0 Å². The monoisotopic (exact) mass is 405 g/mol. The van der Waals surface area contributed by atoms with Crippen LogP contribution < -0.4 is 10.1 Å². The van der Waals surface area contributed by atoms with Crippen LogP contribution in [0.5, 0.6) is 5.75 Å².